The van der Waals surface area contributed by atoms with Gasteiger partial charge in [0.2, 0.25) is 0 Å². The lowest BCUT2D eigenvalue weighted by atomic mass is 10.1. The number of nitrogens with zero attached hydrogens (tertiary/aromatic N) is 3. The second-order valence-corrected chi connectivity index (χ2v) is 4.04. The van der Waals surface area contributed by atoms with E-state index in [2.05, 4.69) is 4.98 Å². The summed E-state index contributed by atoms with van der Waals surface area (Å²) in [5.41, 5.74) is 8.22. The Morgan fingerprint density at radius 3 is 2.94 bits per heavy atom. The summed E-state index contributed by atoms with van der Waals surface area (Å²) in [5.74, 6) is 0. The lowest BCUT2D eigenvalue weighted by molar-refractivity contribution is -0.385. The third-order valence-corrected chi connectivity index (χ3v) is 2.96. The monoisotopic (exact) mass is 246 g/mol. The molecule has 1 heterocycles. The van der Waals surface area contributed by atoms with Crippen molar-refractivity contribution in [2.75, 3.05) is 0 Å². The molecule has 6 nitrogen and oxygen atoms in total. The Balaban J connectivity index is 2.35. The summed E-state index contributed by atoms with van der Waals surface area (Å²) in [5, 5.41) is 10.9. The number of nitro benzene ring substituents is 1. The van der Waals surface area contributed by atoms with Gasteiger partial charge in [-0.3, -0.25) is 10.1 Å². The maximum absolute atomic E-state index is 10.9. The SMILES string of the molecule is Cc1c(Cn2cncc2CN)cccc1[N+](=O)[O-]. The molecule has 0 aliphatic carbocycles. The molecule has 2 N–H and O–H groups in total. The zero-order chi connectivity index (χ0) is 13.1. The molecule has 0 unspecified atom stereocenters. The molecule has 0 fully saturated rings. The van der Waals surface area contributed by atoms with Crippen molar-refractivity contribution in [3.05, 3.63) is 57.7 Å². The summed E-state index contributed by atoms with van der Waals surface area (Å²) in [6.07, 6.45) is 3.38. The lowest BCUT2D eigenvalue weighted by Crippen LogP contribution is -2.08. The van der Waals surface area contributed by atoms with E-state index in [1.165, 1.54) is 6.07 Å². The van der Waals surface area contributed by atoms with Gasteiger partial charge in [0.1, 0.15) is 0 Å². The Morgan fingerprint density at radius 1 is 1.50 bits per heavy atom. The van der Waals surface area contributed by atoms with Gasteiger partial charge in [0.05, 0.1) is 16.9 Å². The van der Waals surface area contributed by atoms with E-state index in [9.17, 15) is 10.1 Å². The highest BCUT2D eigenvalue weighted by Gasteiger charge is 2.13. The van der Waals surface area contributed by atoms with Gasteiger partial charge in [-0.2, -0.15) is 0 Å². The molecule has 1 aromatic heterocycles. The van der Waals surface area contributed by atoms with E-state index < -0.39 is 0 Å². The van der Waals surface area contributed by atoms with Crippen LogP contribution < -0.4 is 5.73 Å². The third-order valence-electron chi connectivity index (χ3n) is 2.96. The van der Waals surface area contributed by atoms with Gasteiger partial charge in [0.15, 0.2) is 0 Å². The molecule has 0 aliphatic heterocycles. The number of rotatable bonds is 4. The zero-order valence-electron chi connectivity index (χ0n) is 10.0. The minimum Gasteiger partial charge on any atom is -0.329 e. The smallest absolute Gasteiger partial charge is 0.272 e. The van der Waals surface area contributed by atoms with Gasteiger partial charge in [-0.1, -0.05) is 12.1 Å². The molecule has 0 saturated heterocycles. The molecule has 0 bridgehead atoms. The molecular weight excluding hydrogens is 232 g/mol. The topological polar surface area (TPSA) is 87.0 Å². The van der Waals surface area contributed by atoms with Crippen molar-refractivity contribution in [2.24, 2.45) is 5.73 Å². The molecular formula is C12H14N4O2. The highest BCUT2D eigenvalue weighted by atomic mass is 16.6. The number of hydrogen-bond acceptors (Lipinski definition) is 4. The standard InChI is InChI=1S/C12H14N4O2/c1-9-10(3-2-4-12(9)16(17)18)7-15-8-14-6-11(15)5-13/h2-4,6,8H,5,7,13H2,1H3. The van der Waals surface area contributed by atoms with Crippen LogP contribution in [0.1, 0.15) is 16.8 Å². The van der Waals surface area contributed by atoms with Crippen molar-refractivity contribution < 1.29 is 4.92 Å². The minimum atomic E-state index is -0.364. The van der Waals surface area contributed by atoms with Gasteiger partial charge in [0, 0.05) is 30.9 Å². The number of hydrogen-bond donors (Lipinski definition) is 1. The summed E-state index contributed by atoms with van der Waals surface area (Å²) >= 11 is 0. The molecule has 0 atom stereocenters. The van der Waals surface area contributed by atoms with Crippen LogP contribution in [0.25, 0.3) is 0 Å². The van der Waals surface area contributed by atoms with Crippen LogP contribution in [0.2, 0.25) is 0 Å². The van der Waals surface area contributed by atoms with Gasteiger partial charge in [0.25, 0.3) is 5.69 Å². The minimum absolute atomic E-state index is 0.141. The Hall–Kier alpha value is -2.21. The highest BCUT2D eigenvalue weighted by Crippen LogP contribution is 2.22. The first-order chi connectivity index (χ1) is 8.63. The Labute approximate surface area is 104 Å². The van der Waals surface area contributed by atoms with E-state index in [0.717, 1.165) is 11.3 Å². The number of aromatic nitrogens is 2. The van der Waals surface area contributed by atoms with Crippen LogP contribution in [-0.2, 0) is 13.1 Å². The maximum atomic E-state index is 10.9. The summed E-state index contributed by atoms with van der Waals surface area (Å²) in [6.45, 7) is 2.69. The molecule has 1 aromatic carbocycles. The molecule has 18 heavy (non-hydrogen) atoms. The number of benzene rings is 1. The molecule has 2 rings (SSSR count). The summed E-state index contributed by atoms with van der Waals surface area (Å²) in [4.78, 5) is 14.5. The van der Waals surface area contributed by atoms with Crippen LogP contribution in [0.4, 0.5) is 5.69 Å². The fourth-order valence-electron chi connectivity index (χ4n) is 1.88. The second kappa shape index (κ2) is 4.97. The number of nitro groups is 1. The van der Waals surface area contributed by atoms with Crippen LogP contribution in [0.3, 0.4) is 0 Å². The van der Waals surface area contributed by atoms with Crippen LogP contribution in [-0.4, -0.2) is 14.5 Å². The van der Waals surface area contributed by atoms with E-state index in [1.54, 1.807) is 25.5 Å². The van der Waals surface area contributed by atoms with Gasteiger partial charge in [-0.05, 0) is 12.5 Å². The van der Waals surface area contributed by atoms with Crippen LogP contribution in [0.15, 0.2) is 30.7 Å². The Morgan fingerprint density at radius 2 is 2.28 bits per heavy atom. The van der Waals surface area contributed by atoms with Crippen molar-refractivity contribution in [1.29, 1.82) is 0 Å². The van der Waals surface area contributed by atoms with Gasteiger partial charge < -0.3 is 10.3 Å². The van der Waals surface area contributed by atoms with Crippen molar-refractivity contribution >= 4 is 5.69 Å². The van der Waals surface area contributed by atoms with E-state index in [4.69, 9.17) is 5.73 Å². The lowest BCUT2D eigenvalue weighted by Gasteiger charge is -2.09. The zero-order valence-corrected chi connectivity index (χ0v) is 10.0. The number of nitrogens with two attached hydrogens (primary N) is 1. The van der Waals surface area contributed by atoms with Gasteiger partial charge in [-0.15, -0.1) is 0 Å². The predicted octanol–water partition coefficient (Wildman–Crippen LogP) is 1.61. The Bertz CT molecular complexity index is 577. The summed E-state index contributed by atoms with van der Waals surface area (Å²) in [6, 6.07) is 5.08. The van der Waals surface area contributed by atoms with Crippen LogP contribution in [0, 0.1) is 17.0 Å². The van der Waals surface area contributed by atoms with Crippen molar-refractivity contribution in [3.8, 4) is 0 Å². The predicted molar refractivity (Wildman–Crippen MR) is 67.1 cm³/mol. The van der Waals surface area contributed by atoms with E-state index >= 15 is 0 Å². The van der Waals surface area contributed by atoms with Crippen molar-refractivity contribution in [3.63, 3.8) is 0 Å². The Kier molecular flexibility index (Phi) is 3.38. The first-order valence-corrected chi connectivity index (χ1v) is 5.55. The number of imidazole rings is 1. The van der Waals surface area contributed by atoms with Crippen LogP contribution in [0.5, 0.6) is 0 Å². The van der Waals surface area contributed by atoms with E-state index in [-0.39, 0.29) is 10.6 Å². The molecule has 2 aromatic rings. The quantitative estimate of drug-likeness (QED) is 0.655. The normalized spacial score (nSPS) is 10.6. The van der Waals surface area contributed by atoms with Gasteiger partial charge >= 0.3 is 0 Å². The molecule has 6 heteroatoms. The highest BCUT2D eigenvalue weighted by molar-refractivity contribution is 5.44. The molecule has 0 spiro atoms. The average Bonchev–Trinajstić information content (AvgIpc) is 2.78. The molecule has 0 radical (unpaired) electrons. The van der Waals surface area contributed by atoms with E-state index in [0.29, 0.717) is 18.7 Å². The maximum Gasteiger partial charge on any atom is 0.272 e. The fourth-order valence-corrected chi connectivity index (χ4v) is 1.88. The van der Waals surface area contributed by atoms with Crippen molar-refractivity contribution in [2.45, 2.75) is 20.0 Å². The first kappa shape index (κ1) is 12.3. The largest absolute Gasteiger partial charge is 0.329 e. The summed E-state index contributed by atoms with van der Waals surface area (Å²) in [7, 11) is 0. The molecule has 0 amide bonds. The second-order valence-electron chi connectivity index (χ2n) is 4.04. The average molecular weight is 246 g/mol. The fraction of sp³-hybridized carbons (Fsp3) is 0.250. The van der Waals surface area contributed by atoms with Gasteiger partial charge in [-0.25, -0.2) is 4.98 Å². The van der Waals surface area contributed by atoms with Crippen LogP contribution >= 0.6 is 0 Å². The van der Waals surface area contributed by atoms with E-state index in [1.807, 2.05) is 10.6 Å². The van der Waals surface area contributed by atoms with Crippen molar-refractivity contribution in [1.82, 2.24) is 9.55 Å². The summed E-state index contributed by atoms with van der Waals surface area (Å²) < 4.78 is 1.89. The molecule has 94 valence electrons. The molecule has 0 saturated carbocycles. The molecule has 0 aliphatic rings. The third kappa shape index (κ3) is 2.23. The first-order valence-electron chi connectivity index (χ1n) is 5.55.